The zero-order valence-corrected chi connectivity index (χ0v) is 15.3. The average Bonchev–Trinajstić information content (AvgIpc) is 2.96. The lowest BCUT2D eigenvalue weighted by atomic mass is 9.91. The molecule has 146 valence electrons. The zero-order valence-electron chi connectivity index (χ0n) is 15.3. The number of para-hydroxylation sites is 1. The third kappa shape index (κ3) is 3.49. The molecule has 0 spiro atoms. The number of halogens is 2. The van der Waals surface area contributed by atoms with E-state index in [4.69, 9.17) is 5.73 Å². The van der Waals surface area contributed by atoms with Gasteiger partial charge < -0.3 is 16.0 Å². The summed E-state index contributed by atoms with van der Waals surface area (Å²) in [6.07, 6.45) is 1.30. The van der Waals surface area contributed by atoms with Crippen molar-refractivity contribution in [2.24, 2.45) is 5.73 Å². The van der Waals surface area contributed by atoms with E-state index in [9.17, 15) is 18.4 Å². The van der Waals surface area contributed by atoms with Gasteiger partial charge in [-0.2, -0.15) is 0 Å². The van der Waals surface area contributed by atoms with Crippen LogP contribution >= 0.6 is 0 Å². The summed E-state index contributed by atoms with van der Waals surface area (Å²) in [7, 11) is 0. The van der Waals surface area contributed by atoms with Crippen LogP contribution in [0.3, 0.4) is 0 Å². The summed E-state index contributed by atoms with van der Waals surface area (Å²) in [5, 5.41) is 2.80. The number of nitrogens with one attached hydrogen (secondary N) is 1. The van der Waals surface area contributed by atoms with E-state index in [1.165, 1.54) is 17.0 Å². The minimum atomic E-state index is -0.898. The van der Waals surface area contributed by atoms with Crippen LogP contribution in [0.4, 0.5) is 14.5 Å². The second-order valence-electron chi connectivity index (χ2n) is 7.43. The van der Waals surface area contributed by atoms with Gasteiger partial charge in [0.05, 0.1) is 0 Å². The molecule has 0 unspecified atom stereocenters. The smallest absolute Gasteiger partial charge is 0.244 e. The fourth-order valence-corrected chi connectivity index (χ4v) is 4.13. The molecule has 0 saturated carbocycles. The Labute approximate surface area is 161 Å². The SMILES string of the molecule is N[C@@H](CC(=O)N1CC(=O)Nc2ccccc2C1)[C@H]1CCc2cc(F)c(F)cc21. The van der Waals surface area contributed by atoms with E-state index in [0.717, 1.165) is 11.1 Å². The molecule has 0 fully saturated rings. The number of nitrogens with zero attached hydrogens (tertiary/aromatic N) is 1. The Hall–Kier alpha value is -2.80. The van der Waals surface area contributed by atoms with Gasteiger partial charge in [0, 0.05) is 30.6 Å². The second kappa shape index (κ2) is 7.31. The molecule has 0 radical (unpaired) electrons. The molecule has 1 aliphatic heterocycles. The predicted molar refractivity (Wildman–Crippen MR) is 101 cm³/mol. The predicted octanol–water partition coefficient (Wildman–Crippen LogP) is 2.69. The highest BCUT2D eigenvalue weighted by molar-refractivity contribution is 5.96. The number of hydrogen-bond acceptors (Lipinski definition) is 3. The summed E-state index contributed by atoms with van der Waals surface area (Å²) in [4.78, 5) is 26.4. The number of anilines is 1. The summed E-state index contributed by atoms with van der Waals surface area (Å²) in [6.45, 7) is 0.281. The van der Waals surface area contributed by atoms with E-state index in [0.29, 0.717) is 30.6 Å². The molecule has 2 aromatic carbocycles. The van der Waals surface area contributed by atoms with Crippen molar-refractivity contribution in [2.45, 2.75) is 37.8 Å². The van der Waals surface area contributed by atoms with Gasteiger partial charge in [0.15, 0.2) is 11.6 Å². The highest BCUT2D eigenvalue weighted by Gasteiger charge is 2.32. The lowest BCUT2D eigenvalue weighted by Gasteiger charge is -2.25. The number of hydrogen-bond donors (Lipinski definition) is 2. The van der Waals surface area contributed by atoms with E-state index >= 15 is 0 Å². The molecule has 5 nitrogen and oxygen atoms in total. The van der Waals surface area contributed by atoms with Crippen LogP contribution in [0, 0.1) is 11.6 Å². The fraction of sp³-hybridized carbons (Fsp3) is 0.333. The van der Waals surface area contributed by atoms with Crippen LogP contribution < -0.4 is 11.1 Å². The minimum absolute atomic E-state index is 0.0402. The molecule has 0 bridgehead atoms. The fourth-order valence-electron chi connectivity index (χ4n) is 4.13. The van der Waals surface area contributed by atoms with Crippen LogP contribution in [0.5, 0.6) is 0 Å². The Morgan fingerprint density at radius 1 is 1.18 bits per heavy atom. The molecule has 28 heavy (non-hydrogen) atoms. The summed E-state index contributed by atoms with van der Waals surface area (Å²) in [5.74, 6) is -2.45. The number of aryl methyl sites for hydroxylation is 1. The molecule has 1 heterocycles. The Kier molecular flexibility index (Phi) is 4.85. The Morgan fingerprint density at radius 3 is 2.75 bits per heavy atom. The summed E-state index contributed by atoms with van der Waals surface area (Å²) < 4.78 is 27.1. The molecule has 0 saturated heterocycles. The van der Waals surface area contributed by atoms with Gasteiger partial charge >= 0.3 is 0 Å². The van der Waals surface area contributed by atoms with Crippen LogP contribution in [-0.4, -0.2) is 29.3 Å². The normalized spacial score (nSPS) is 19.5. The van der Waals surface area contributed by atoms with Crippen molar-refractivity contribution in [1.82, 2.24) is 4.90 Å². The third-order valence-electron chi connectivity index (χ3n) is 5.57. The number of rotatable bonds is 3. The summed E-state index contributed by atoms with van der Waals surface area (Å²) >= 11 is 0. The van der Waals surface area contributed by atoms with E-state index in [2.05, 4.69) is 5.32 Å². The van der Waals surface area contributed by atoms with Crippen molar-refractivity contribution in [1.29, 1.82) is 0 Å². The van der Waals surface area contributed by atoms with Gasteiger partial charge in [-0.3, -0.25) is 9.59 Å². The van der Waals surface area contributed by atoms with Crippen molar-refractivity contribution in [3.05, 3.63) is 64.7 Å². The molecule has 2 atom stereocenters. The monoisotopic (exact) mass is 385 g/mol. The second-order valence-corrected chi connectivity index (χ2v) is 7.43. The van der Waals surface area contributed by atoms with E-state index in [1.807, 2.05) is 18.2 Å². The van der Waals surface area contributed by atoms with Gasteiger partial charge in [0.1, 0.15) is 6.54 Å². The molecule has 3 N–H and O–H groups in total. The Balaban J connectivity index is 1.49. The first-order chi connectivity index (χ1) is 13.4. The first kappa shape index (κ1) is 18.6. The van der Waals surface area contributed by atoms with Gasteiger partial charge in [-0.25, -0.2) is 8.78 Å². The molecular formula is C21H21F2N3O2. The van der Waals surface area contributed by atoms with Crippen molar-refractivity contribution in [3.63, 3.8) is 0 Å². The molecule has 2 aromatic rings. The lowest BCUT2D eigenvalue weighted by molar-refractivity contribution is -0.135. The molecule has 4 rings (SSSR count). The number of carbonyl (C=O) groups excluding carboxylic acids is 2. The number of carbonyl (C=O) groups is 2. The van der Waals surface area contributed by atoms with Crippen LogP contribution in [0.1, 0.15) is 35.4 Å². The van der Waals surface area contributed by atoms with Gasteiger partial charge in [0.2, 0.25) is 11.8 Å². The first-order valence-corrected chi connectivity index (χ1v) is 9.31. The van der Waals surface area contributed by atoms with Crippen LogP contribution in [0.15, 0.2) is 36.4 Å². The van der Waals surface area contributed by atoms with Gasteiger partial charge in [-0.05, 0) is 47.7 Å². The molecule has 2 amide bonds. The lowest BCUT2D eigenvalue weighted by Crippen LogP contribution is -2.40. The van der Waals surface area contributed by atoms with Gasteiger partial charge in [-0.15, -0.1) is 0 Å². The standard InChI is InChI=1S/C21H21F2N3O2/c22-16-7-12-5-6-14(15(12)8-17(16)23)18(24)9-21(28)26-10-13-3-1-2-4-19(13)25-20(27)11-26/h1-4,7-8,14,18H,5-6,9-11,24H2,(H,25,27)/t14-,18-/m0/s1. The average molecular weight is 385 g/mol. The Morgan fingerprint density at radius 2 is 1.93 bits per heavy atom. The van der Waals surface area contributed by atoms with Crippen LogP contribution in [0.2, 0.25) is 0 Å². The number of benzene rings is 2. The first-order valence-electron chi connectivity index (χ1n) is 9.31. The molecule has 1 aliphatic carbocycles. The van der Waals surface area contributed by atoms with Crippen molar-refractivity contribution >= 4 is 17.5 Å². The molecular weight excluding hydrogens is 364 g/mol. The van der Waals surface area contributed by atoms with Crippen molar-refractivity contribution in [3.8, 4) is 0 Å². The Bertz CT molecular complexity index is 947. The maximum Gasteiger partial charge on any atom is 0.244 e. The third-order valence-corrected chi connectivity index (χ3v) is 5.57. The van der Waals surface area contributed by atoms with Gasteiger partial charge in [0.25, 0.3) is 0 Å². The van der Waals surface area contributed by atoms with E-state index in [-0.39, 0.29) is 30.7 Å². The van der Waals surface area contributed by atoms with Crippen molar-refractivity contribution < 1.29 is 18.4 Å². The van der Waals surface area contributed by atoms with E-state index in [1.54, 1.807) is 6.07 Å². The number of fused-ring (bicyclic) bond motifs is 2. The zero-order chi connectivity index (χ0) is 19.8. The van der Waals surface area contributed by atoms with Crippen LogP contribution in [0.25, 0.3) is 0 Å². The summed E-state index contributed by atoms with van der Waals surface area (Å²) in [6, 6.07) is 9.24. The highest BCUT2D eigenvalue weighted by atomic mass is 19.2. The quantitative estimate of drug-likeness (QED) is 0.853. The highest BCUT2D eigenvalue weighted by Crippen LogP contribution is 2.37. The van der Waals surface area contributed by atoms with E-state index < -0.39 is 17.7 Å². The number of nitrogens with two attached hydrogens (primary N) is 1. The largest absolute Gasteiger partial charge is 0.329 e. The summed E-state index contributed by atoms with van der Waals surface area (Å²) in [5.41, 5.74) is 9.28. The topological polar surface area (TPSA) is 75.4 Å². The number of amides is 2. The molecule has 2 aliphatic rings. The minimum Gasteiger partial charge on any atom is -0.329 e. The maximum absolute atomic E-state index is 13.7. The van der Waals surface area contributed by atoms with Gasteiger partial charge in [-0.1, -0.05) is 18.2 Å². The maximum atomic E-state index is 13.7. The van der Waals surface area contributed by atoms with Crippen LogP contribution in [-0.2, 0) is 22.6 Å². The molecule has 7 heteroatoms. The van der Waals surface area contributed by atoms with Crippen molar-refractivity contribution in [2.75, 3.05) is 11.9 Å². The molecule has 0 aromatic heterocycles.